The molecule has 0 N–H and O–H groups in total. The number of ether oxygens (including phenoxy) is 1. The quantitative estimate of drug-likeness (QED) is 0.460. The molecule has 0 fully saturated rings. The Hall–Kier alpha value is -2.76. The van der Waals surface area contributed by atoms with Crippen molar-refractivity contribution in [1.82, 2.24) is 19.3 Å². The zero-order valence-corrected chi connectivity index (χ0v) is 19.6. The maximum atomic E-state index is 12.7. The maximum absolute atomic E-state index is 12.7. The van der Waals surface area contributed by atoms with Crippen molar-refractivity contribution >= 4 is 31.9 Å². The molecule has 0 saturated heterocycles. The molecule has 0 spiro atoms. The summed E-state index contributed by atoms with van der Waals surface area (Å²) in [7, 11) is 0.560. The van der Waals surface area contributed by atoms with Crippen LogP contribution in [0.2, 0.25) is 0 Å². The summed E-state index contributed by atoms with van der Waals surface area (Å²) in [6.07, 6.45) is 0. The fourth-order valence-corrected chi connectivity index (χ4v) is 4.20. The minimum atomic E-state index is -3.83. The van der Waals surface area contributed by atoms with Crippen LogP contribution in [-0.2, 0) is 21.4 Å². The Kier molecular flexibility index (Phi) is 7.08. The van der Waals surface area contributed by atoms with Crippen LogP contribution in [0.15, 0.2) is 62.4 Å². The third-order valence-corrected chi connectivity index (χ3v) is 6.79. The van der Waals surface area contributed by atoms with Crippen molar-refractivity contribution < 1.29 is 22.5 Å². The first-order valence-corrected chi connectivity index (χ1v) is 11.4. The Morgan fingerprint density at radius 3 is 2.52 bits per heavy atom. The van der Waals surface area contributed by atoms with E-state index in [1.165, 1.54) is 31.2 Å². The Balaban J connectivity index is 1.63. The second kappa shape index (κ2) is 9.58. The van der Waals surface area contributed by atoms with Gasteiger partial charge in [0, 0.05) is 24.1 Å². The highest BCUT2D eigenvalue weighted by atomic mass is 79.9. The summed E-state index contributed by atoms with van der Waals surface area (Å²) in [5.74, 6) is 0.767. The van der Waals surface area contributed by atoms with Crippen LogP contribution in [0, 0.1) is 0 Å². The van der Waals surface area contributed by atoms with Crippen molar-refractivity contribution in [3.05, 3.63) is 58.9 Å². The van der Waals surface area contributed by atoms with E-state index in [0.29, 0.717) is 11.6 Å². The predicted octanol–water partition coefficient (Wildman–Crippen LogP) is 2.79. The molecule has 11 heteroatoms. The highest BCUT2D eigenvalue weighted by molar-refractivity contribution is 9.10. The first-order valence-electron chi connectivity index (χ1n) is 9.13. The molecule has 1 heterocycles. The zero-order chi connectivity index (χ0) is 22.6. The van der Waals surface area contributed by atoms with Gasteiger partial charge in [0.2, 0.25) is 27.6 Å². The SMILES string of the molecule is COc1ccc(S(=O)(=O)N(C)CC(=O)N(C)Cc2nc(-c3cccc(Br)c3)no2)cc1. The first kappa shape index (κ1) is 22.9. The van der Waals surface area contributed by atoms with Crippen LogP contribution >= 0.6 is 15.9 Å². The molecule has 0 unspecified atom stereocenters. The van der Waals surface area contributed by atoms with E-state index in [1.54, 1.807) is 19.2 Å². The van der Waals surface area contributed by atoms with Crippen LogP contribution in [0.3, 0.4) is 0 Å². The van der Waals surface area contributed by atoms with Crippen LogP contribution in [0.1, 0.15) is 5.89 Å². The number of sulfonamides is 1. The number of carbonyl (C=O) groups excluding carboxylic acids is 1. The number of hydrogen-bond donors (Lipinski definition) is 0. The van der Waals surface area contributed by atoms with Gasteiger partial charge in [-0.25, -0.2) is 8.42 Å². The van der Waals surface area contributed by atoms with Crippen molar-refractivity contribution in [3.63, 3.8) is 0 Å². The standard InChI is InChI=1S/C20H21BrN4O5S/c1-24(12-18-22-20(23-30-18)14-5-4-6-15(21)11-14)19(26)13-25(2)31(27,28)17-9-7-16(29-3)8-10-17/h4-11H,12-13H2,1-3H3. The average molecular weight is 509 g/mol. The van der Waals surface area contributed by atoms with E-state index in [9.17, 15) is 13.2 Å². The number of methoxy groups -OCH3 is 1. The number of halogens is 1. The maximum Gasteiger partial charge on any atom is 0.246 e. The van der Waals surface area contributed by atoms with Gasteiger partial charge < -0.3 is 14.2 Å². The van der Waals surface area contributed by atoms with Crippen LogP contribution in [0.25, 0.3) is 11.4 Å². The molecule has 164 valence electrons. The van der Waals surface area contributed by atoms with Crippen molar-refractivity contribution in [2.45, 2.75) is 11.4 Å². The van der Waals surface area contributed by atoms with Gasteiger partial charge in [0.25, 0.3) is 0 Å². The van der Waals surface area contributed by atoms with Gasteiger partial charge in [-0.1, -0.05) is 33.2 Å². The topological polar surface area (TPSA) is 106 Å². The van der Waals surface area contributed by atoms with Gasteiger partial charge in [0.15, 0.2) is 0 Å². The molecule has 0 saturated carbocycles. The van der Waals surface area contributed by atoms with Gasteiger partial charge in [-0.2, -0.15) is 9.29 Å². The number of rotatable bonds is 8. The van der Waals surface area contributed by atoms with Crippen molar-refractivity contribution in [2.24, 2.45) is 0 Å². The number of aromatic nitrogens is 2. The van der Waals surface area contributed by atoms with E-state index in [4.69, 9.17) is 9.26 Å². The molecular formula is C20H21BrN4O5S. The van der Waals surface area contributed by atoms with Gasteiger partial charge >= 0.3 is 0 Å². The number of carbonyl (C=O) groups is 1. The van der Waals surface area contributed by atoms with E-state index in [1.807, 2.05) is 24.3 Å². The highest BCUT2D eigenvalue weighted by Crippen LogP contribution is 2.21. The lowest BCUT2D eigenvalue weighted by Gasteiger charge is -2.20. The number of nitrogens with zero attached hydrogens (tertiary/aromatic N) is 4. The molecule has 0 aliphatic rings. The Morgan fingerprint density at radius 2 is 1.87 bits per heavy atom. The smallest absolute Gasteiger partial charge is 0.246 e. The molecule has 9 nitrogen and oxygen atoms in total. The molecule has 0 radical (unpaired) electrons. The minimum absolute atomic E-state index is 0.0518. The Labute approximate surface area is 188 Å². The number of benzene rings is 2. The van der Waals surface area contributed by atoms with E-state index in [2.05, 4.69) is 26.1 Å². The monoisotopic (exact) mass is 508 g/mol. The number of likely N-dealkylation sites (N-methyl/N-ethyl adjacent to an activating group) is 2. The second-order valence-corrected chi connectivity index (χ2v) is 9.67. The summed E-state index contributed by atoms with van der Waals surface area (Å²) in [5, 5.41) is 3.93. The second-order valence-electron chi connectivity index (χ2n) is 6.71. The summed E-state index contributed by atoms with van der Waals surface area (Å²) in [6, 6.07) is 13.4. The van der Waals surface area contributed by atoms with Crippen LogP contribution in [-0.4, -0.2) is 61.4 Å². The predicted molar refractivity (Wildman–Crippen MR) is 117 cm³/mol. The molecule has 0 aliphatic heterocycles. The number of amides is 1. The summed E-state index contributed by atoms with van der Waals surface area (Å²) in [4.78, 5) is 18.3. The lowest BCUT2D eigenvalue weighted by atomic mass is 10.2. The highest BCUT2D eigenvalue weighted by Gasteiger charge is 2.25. The van der Waals surface area contributed by atoms with Gasteiger partial charge in [0.1, 0.15) is 5.75 Å². The van der Waals surface area contributed by atoms with E-state index in [-0.39, 0.29) is 23.9 Å². The van der Waals surface area contributed by atoms with Crippen molar-refractivity contribution in [2.75, 3.05) is 27.7 Å². The van der Waals surface area contributed by atoms with E-state index >= 15 is 0 Å². The van der Waals surface area contributed by atoms with Crippen molar-refractivity contribution in [3.8, 4) is 17.1 Å². The third-order valence-electron chi connectivity index (χ3n) is 4.47. The van der Waals surface area contributed by atoms with E-state index in [0.717, 1.165) is 14.3 Å². The fourth-order valence-electron chi connectivity index (χ4n) is 2.68. The lowest BCUT2D eigenvalue weighted by Crippen LogP contribution is -2.39. The molecule has 0 atom stereocenters. The molecule has 2 aromatic carbocycles. The van der Waals surface area contributed by atoms with E-state index < -0.39 is 15.9 Å². The van der Waals surface area contributed by atoms with Gasteiger partial charge in [-0.05, 0) is 36.4 Å². The molecule has 1 aromatic heterocycles. The van der Waals surface area contributed by atoms with Crippen LogP contribution in [0.4, 0.5) is 0 Å². The Morgan fingerprint density at radius 1 is 1.16 bits per heavy atom. The summed E-state index contributed by atoms with van der Waals surface area (Å²) in [5.41, 5.74) is 0.767. The van der Waals surface area contributed by atoms with Gasteiger partial charge in [0.05, 0.1) is 25.1 Å². The first-order chi connectivity index (χ1) is 14.7. The summed E-state index contributed by atoms with van der Waals surface area (Å²) >= 11 is 3.39. The molecule has 0 bridgehead atoms. The fraction of sp³-hybridized carbons (Fsp3) is 0.250. The van der Waals surface area contributed by atoms with Gasteiger partial charge in [-0.3, -0.25) is 4.79 Å². The molecular weight excluding hydrogens is 488 g/mol. The van der Waals surface area contributed by atoms with Crippen molar-refractivity contribution in [1.29, 1.82) is 0 Å². The normalized spacial score (nSPS) is 11.5. The average Bonchev–Trinajstić information content (AvgIpc) is 3.22. The Bertz CT molecular complexity index is 1160. The van der Waals surface area contributed by atoms with Crippen LogP contribution < -0.4 is 4.74 Å². The third kappa shape index (κ3) is 5.49. The molecule has 31 heavy (non-hydrogen) atoms. The minimum Gasteiger partial charge on any atom is -0.497 e. The molecule has 3 aromatic rings. The summed E-state index contributed by atoms with van der Waals surface area (Å²) in [6.45, 7) is -0.284. The van der Waals surface area contributed by atoms with Gasteiger partial charge in [-0.15, -0.1) is 0 Å². The zero-order valence-electron chi connectivity index (χ0n) is 17.1. The van der Waals surface area contributed by atoms with Crippen LogP contribution in [0.5, 0.6) is 5.75 Å². The molecule has 3 rings (SSSR count). The number of hydrogen-bond acceptors (Lipinski definition) is 7. The summed E-state index contributed by atoms with van der Waals surface area (Å²) < 4.78 is 37.6. The molecule has 0 aliphatic carbocycles. The lowest BCUT2D eigenvalue weighted by molar-refractivity contribution is -0.130. The molecule has 1 amide bonds. The largest absolute Gasteiger partial charge is 0.497 e.